The van der Waals surface area contributed by atoms with Crippen LogP contribution in [0.3, 0.4) is 0 Å². The molecular weight excluding hydrogens is 351 g/mol. The van der Waals surface area contributed by atoms with Gasteiger partial charge in [-0.3, -0.25) is 4.79 Å². The zero-order valence-electron chi connectivity index (χ0n) is 13.6. The summed E-state index contributed by atoms with van der Waals surface area (Å²) in [6.07, 6.45) is -0.990. The number of hydrogen-bond donors (Lipinski definition) is 1. The summed E-state index contributed by atoms with van der Waals surface area (Å²) in [6, 6.07) is 1.44. The van der Waals surface area contributed by atoms with Crippen LogP contribution in [0.2, 0.25) is 0 Å². The maximum absolute atomic E-state index is 13.2. The fraction of sp³-hybridized carbons (Fsp3) is 0.375. The molecule has 1 amide bonds. The van der Waals surface area contributed by atoms with Gasteiger partial charge in [-0.25, -0.2) is 9.50 Å². The molecule has 1 N–H and O–H groups in total. The Morgan fingerprint density at radius 2 is 2.15 bits per heavy atom. The van der Waals surface area contributed by atoms with Crippen molar-refractivity contribution in [2.45, 2.75) is 32.0 Å². The van der Waals surface area contributed by atoms with E-state index in [0.29, 0.717) is 29.9 Å². The van der Waals surface area contributed by atoms with E-state index in [1.165, 1.54) is 17.0 Å². The van der Waals surface area contributed by atoms with Crippen molar-refractivity contribution >= 4 is 11.6 Å². The summed E-state index contributed by atoms with van der Waals surface area (Å²) in [5, 5.41) is 9.94. The molecule has 3 aromatic rings. The van der Waals surface area contributed by atoms with Gasteiger partial charge < -0.3 is 9.84 Å². The van der Waals surface area contributed by atoms with Crippen LogP contribution in [0.4, 0.5) is 13.2 Å². The Hall–Kier alpha value is -2.91. The van der Waals surface area contributed by atoms with Crippen LogP contribution in [0.25, 0.3) is 17.0 Å². The predicted octanol–water partition coefficient (Wildman–Crippen LogP) is 2.76. The van der Waals surface area contributed by atoms with Crippen molar-refractivity contribution in [2.24, 2.45) is 5.92 Å². The molecule has 1 aliphatic rings. The van der Waals surface area contributed by atoms with Crippen molar-refractivity contribution in [3.63, 3.8) is 0 Å². The summed E-state index contributed by atoms with van der Waals surface area (Å²) in [5.41, 5.74) is 1.69. The quantitative estimate of drug-likeness (QED) is 0.768. The Kier molecular flexibility index (Phi) is 3.70. The van der Waals surface area contributed by atoms with E-state index in [1.54, 1.807) is 19.1 Å². The number of hydrogen-bond acceptors (Lipinski definition) is 5. The molecule has 3 heterocycles. The zero-order valence-corrected chi connectivity index (χ0v) is 13.6. The number of carbonyl (C=O) groups is 1. The van der Waals surface area contributed by atoms with E-state index in [0.717, 1.165) is 0 Å². The number of alkyl halides is 3. The summed E-state index contributed by atoms with van der Waals surface area (Å²) < 4.78 is 45.7. The number of nitrogens with zero attached hydrogens (tertiary/aromatic N) is 4. The van der Waals surface area contributed by atoms with E-state index in [1.807, 2.05) is 0 Å². The summed E-state index contributed by atoms with van der Waals surface area (Å²) in [4.78, 5) is 16.8. The Bertz CT molecular complexity index is 960. The summed E-state index contributed by atoms with van der Waals surface area (Å²) >= 11 is 0. The zero-order chi connectivity index (χ0) is 18.5. The lowest BCUT2D eigenvalue weighted by Crippen LogP contribution is -2.46. The highest BCUT2D eigenvalue weighted by Crippen LogP contribution is 2.40. The van der Waals surface area contributed by atoms with Gasteiger partial charge in [0.1, 0.15) is 23.6 Å². The highest BCUT2D eigenvalue weighted by atomic mass is 19.4. The number of rotatable bonds is 4. The summed E-state index contributed by atoms with van der Waals surface area (Å²) in [6.45, 7) is 1.75. The van der Waals surface area contributed by atoms with Crippen molar-refractivity contribution in [2.75, 3.05) is 0 Å². The van der Waals surface area contributed by atoms with Gasteiger partial charge >= 0.3 is 6.18 Å². The molecule has 0 saturated heterocycles. The predicted molar refractivity (Wildman–Crippen MR) is 83.3 cm³/mol. The minimum Gasteiger partial charge on any atom is -0.364 e. The Balaban J connectivity index is 1.71. The second-order valence-electron chi connectivity index (χ2n) is 6.29. The third kappa shape index (κ3) is 2.91. The number of aryl methyl sites for hydroxylation is 1. The molecule has 3 aromatic heterocycles. The van der Waals surface area contributed by atoms with Crippen LogP contribution in [-0.2, 0) is 0 Å². The monoisotopic (exact) mass is 365 g/mol. The highest BCUT2D eigenvalue weighted by Gasteiger charge is 2.49. The highest BCUT2D eigenvalue weighted by molar-refractivity contribution is 6.00. The van der Waals surface area contributed by atoms with Crippen LogP contribution in [0, 0.1) is 12.8 Å². The second kappa shape index (κ2) is 5.82. The van der Waals surface area contributed by atoms with Gasteiger partial charge in [0.25, 0.3) is 5.91 Å². The fourth-order valence-corrected chi connectivity index (χ4v) is 2.86. The molecule has 0 unspecified atom stereocenters. The van der Waals surface area contributed by atoms with E-state index in [-0.39, 0.29) is 11.2 Å². The Morgan fingerprint density at radius 1 is 1.38 bits per heavy atom. The molecule has 0 spiro atoms. The summed E-state index contributed by atoms with van der Waals surface area (Å²) in [7, 11) is 0. The molecule has 1 aliphatic carbocycles. The molecule has 10 heteroatoms. The average Bonchev–Trinajstić information content (AvgIpc) is 3.09. The number of aromatic nitrogens is 4. The fourth-order valence-electron chi connectivity index (χ4n) is 2.86. The molecule has 136 valence electrons. The molecular formula is C16H14F3N5O2. The van der Waals surface area contributed by atoms with Gasteiger partial charge in [0, 0.05) is 11.8 Å². The van der Waals surface area contributed by atoms with Gasteiger partial charge in [0.15, 0.2) is 5.65 Å². The number of nitrogens with one attached hydrogen (secondary N) is 1. The maximum Gasteiger partial charge on any atom is 0.408 e. The molecule has 0 bridgehead atoms. The topological polar surface area (TPSA) is 85.3 Å². The molecule has 7 nitrogen and oxygen atoms in total. The van der Waals surface area contributed by atoms with Crippen molar-refractivity contribution in [3.8, 4) is 11.4 Å². The van der Waals surface area contributed by atoms with E-state index in [2.05, 4.69) is 20.6 Å². The minimum absolute atomic E-state index is 0.0201. The third-order valence-electron chi connectivity index (χ3n) is 4.33. The van der Waals surface area contributed by atoms with Gasteiger partial charge in [-0.2, -0.15) is 18.3 Å². The lowest BCUT2D eigenvalue weighted by Gasteiger charge is -2.20. The molecule has 1 saturated carbocycles. The molecule has 0 aromatic carbocycles. The third-order valence-corrected chi connectivity index (χ3v) is 4.33. The van der Waals surface area contributed by atoms with Gasteiger partial charge in [-0.1, -0.05) is 5.16 Å². The standard InChI is InChI=1S/C16H14F3N5O2/c1-8-6-12(11-4-5-26-23-11)21-14-10(7-20-24(8)14)15(25)22-13(9-2-3-9)16(17,18)19/h4-7,9,13H,2-3H2,1H3,(H,22,25)/t13-/m1/s1. The van der Waals surface area contributed by atoms with Crippen LogP contribution in [0.15, 0.2) is 29.1 Å². The van der Waals surface area contributed by atoms with E-state index < -0.39 is 24.0 Å². The molecule has 26 heavy (non-hydrogen) atoms. The van der Waals surface area contributed by atoms with Gasteiger partial charge in [0.05, 0.1) is 11.9 Å². The first-order valence-corrected chi connectivity index (χ1v) is 7.98. The number of fused-ring (bicyclic) bond motifs is 1. The SMILES string of the molecule is Cc1cc(-c2ccon2)nc2c(C(=O)N[C@H](C3CC3)C(F)(F)F)cnn12. The first-order chi connectivity index (χ1) is 12.3. The van der Waals surface area contributed by atoms with Gasteiger partial charge in [-0.15, -0.1) is 0 Å². The van der Waals surface area contributed by atoms with Crippen LogP contribution in [0.1, 0.15) is 28.9 Å². The van der Waals surface area contributed by atoms with Crippen molar-refractivity contribution < 1.29 is 22.5 Å². The first-order valence-electron chi connectivity index (χ1n) is 7.98. The summed E-state index contributed by atoms with van der Waals surface area (Å²) in [5.74, 6) is -1.42. The largest absolute Gasteiger partial charge is 0.408 e. The normalized spacial score (nSPS) is 16.0. The second-order valence-corrected chi connectivity index (χ2v) is 6.29. The Morgan fingerprint density at radius 3 is 2.77 bits per heavy atom. The molecule has 1 fully saturated rings. The van der Waals surface area contributed by atoms with Crippen LogP contribution >= 0.6 is 0 Å². The molecule has 0 radical (unpaired) electrons. The van der Waals surface area contributed by atoms with E-state index in [4.69, 9.17) is 4.52 Å². The maximum atomic E-state index is 13.2. The van der Waals surface area contributed by atoms with Crippen LogP contribution in [-0.4, -0.2) is 37.9 Å². The van der Waals surface area contributed by atoms with Crippen molar-refractivity contribution in [1.82, 2.24) is 25.1 Å². The van der Waals surface area contributed by atoms with Crippen LogP contribution in [0.5, 0.6) is 0 Å². The lowest BCUT2D eigenvalue weighted by molar-refractivity contribution is -0.158. The van der Waals surface area contributed by atoms with Gasteiger partial charge in [-0.05, 0) is 31.7 Å². The number of carbonyl (C=O) groups excluding carboxylic acids is 1. The van der Waals surface area contributed by atoms with E-state index >= 15 is 0 Å². The van der Waals surface area contributed by atoms with Gasteiger partial charge in [0.2, 0.25) is 0 Å². The minimum atomic E-state index is -4.49. The lowest BCUT2D eigenvalue weighted by atomic mass is 10.1. The molecule has 1 atom stereocenters. The molecule has 0 aliphatic heterocycles. The number of halogens is 3. The van der Waals surface area contributed by atoms with Crippen LogP contribution < -0.4 is 5.32 Å². The van der Waals surface area contributed by atoms with Crippen molar-refractivity contribution in [1.29, 1.82) is 0 Å². The Labute approximate surface area is 145 Å². The average molecular weight is 365 g/mol. The van der Waals surface area contributed by atoms with Crippen molar-refractivity contribution in [3.05, 3.63) is 35.9 Å². The number of amides is 1. The first kappa shape index (κ1) is 16.6. The smallest absolute Gasteiger partial charge is 0.364 e. The molecule has 4 rings (SSSR count). The van der Waals surface area contributed by atoms with E-state index in [9.17, 15) is 18.0 Å².